The van der Waals surface area contributed by atoms with E-state index in [4.69, 9.17) is 0 Å². The smallest absolute Gasteiger partial charge is 0.233 e. The highest BCUT2D eigenvalue weighted by Crippen LogP contribution is 2.32. The van der Waals surface area contributed by atoms with E-state index < -0.39 is 0 Å². The average molecular weight is 372 g/mol. The summed E-state index contributed by atoms with van der Waals surface area (Å²) < 4.78 is 1.80. The van der Waals surface area contributed by atoms with Crippen LogP contribution in [0.15, 0.2) is 20.8 Å². The van der Waals surface area contributed by atoms with Gasteiger partial charge in [-0.3, -0.25) is 4.79 Å². The van der Waals surface area contributed by atoms with Crippen LogP contribution in [-0.4, -0.2) is 33.1 Å². The topological polar surface area (TPSA) is 54.9 Å². The minimum absolute atomic E-state index is 0.119. The van der Waals surface area contributed by atoms with Crippen molar-refractivity contribution in [1.29, 1.82) is 0 Å². The first kappa shape index (κ1) is 18.8. The SMILES string of the molecule is C=C(C)CSc1nnc(S[C@@H](C)C(=O)NC2CCCCCC2)s1. The molecule has 1 heterocycles. The van der Waals surface area contributed by atoms with Crippen LogP contribution in [0.25, 0.3) is 0 Å². The van der Waals surface area contributed by atoms with Crippen molar-refractivity contribution in [3.63, 3.8) is 0 Å². The van der Waals surface area contributed by atoms with Crippen molar-refractivity contribution in [2.45, 2.75) is 72.3 Å². The van der Waals surface area contributed by atoms with Gasteiger partial charge in [-0.15, -0.1) is 10.2 Å². The molecule has 1 aromatic heterocycles. The molecule has 1 aliphatic rings. The first-order valence-corrected chi connectivity index (χ1v) is 10.8. The molecule has 1 N–H and O–H groups in total. The van der Waals surface area contributed by atoms with Crippen molar-refractivity contribution in [2.75, 3.05) is 5.75 Å². The van der Waals surface area contributed by atoms with Gasteiger partial charge in [-0.2, -0.15) is 0 Å². The molecule has 0 radical (unpaired) electrons. The number of nitrogens with zero attached hydrogens (tertiary/aromatic N) is 2. The first-order valence-electron chi connectivity index (χ1n) is 8.12. The van der Waals surface area contributed by atoms with Crippen LogP contribution in [0.2, 0.25) is 0 Å². The van der Waals surface area contributed by atoms with E-state index in [-0.39, 0.29) is 11.2 Å². The van der Waals surface area contributed by atoms with Gasteiger partial charge >= 0.3 is 0 Å². The summed E-state index contributed by atoms with van der Waals surface area (Å²) in [6.07, 6.45) is 7.28. The van der Waals surface area contributed by atoms with Crippen molar-refractivity contribution in [3.05, 3.63) is 12.2 Å². The summed E-state index contributed by atoms with van der Waals surface area (Å²) >= 11 is 4.70. The third-order valence-corrected chi connectivity index (χ3v) is 7.15. The highest BCUT2D eigenvalue weighted by molar-refractivity contribution is 8.04. The fourth-order valence-electron chi connectivity index (χ4n) is 2.44. The number of carbonyl (C=O) groups excluding carboxylic acids is 1. The second kappa shape index (κ2) is 9.69. The summed E-state index contributed by atoms with van der Waals surface area (Å²) in [5.41, 5.74) is 1.12. The molecule has 23 heavy (non-hydrogen) atoms. The Kier molecular flexibility index (Phi) is 7.92. The lowest BCUT2D eigenvalue weighted by atomic mass is 10.1. The van der Waals surface area contributed by atoms with Gasteiger partial charge in [0.05, 0.1) is 5.25 Å². The van der Waals surface area contributed by atoms with Crippen LogP contribution in [0.1, 0.15) is 52.4 Å². The summed E-state index contributed by atoms with van der Waals surface area (Å²) in [6, 6.07) is 0.351. The number of carbonyl (C=O) groups is 1. The molecule has 0 unspecified atom stereocenters. The summed E-state index contributed by atoms with van der Waals surface area (Å²) in [7, 11) is 0. The molecule has 1 aromatic rings. The van der Waals surface area contributed by atoms with E-state index in [1.165, 1.54) is 37.4 Å². The molecule has 128 valence electrons. The van der Waals surface area contributed by atoms with Crippen molar-refractivity contribution < 1.29 is 4.79 Å². The van der Waals surface area contributed by atoms with Gasteiger partial charge in [0.25, 0.3) is 0 Å². The molecule has 0 bridgehead atoms. The predicted octanol–water partition coefficient (Wildman–Crippen LogP) is 4.53. The number of thioether (sulfide) groups is 2. The maximum atomic E-state index is 12.4. The van der Waals surface area contributed by atoms with E-state index in [1.807, 2.05) is 13.8 Å². The van der Waals surface area contributed by atoms with Crippen LogP contribution in [-0.2, 0) is 4.79 Å². The number of aromatic nitrogens is 2. The molecule has 4 nitrogen and oxygen atoms in total. The minimum Gasteiger partial charge on any atom is -0.352 e. The van der Waals surface area contributed by atoms with Crippen LogP contribution < -0.4 is 5.32 Å². The Morgan fingerprint density at radius 1 is 1.30 bits per heavy atom. The van der Waals surface area contributed by atoms with Crippen molar-refractivity contribution in [3.8, 4) is 0 Å². The zero-order chi connectivity index (χ0) is 16.7. The van der Waals surface area contributed by atoms with E-state index >= 15 is 0 Å². The molecule has 1 atom stereocenters. The maximum absolute atomic E-state index is 12.4. The van der Waals surface area contributed by atoms with E-state index in [0.29, 0.717) is 6.04 Å². The highest BCUT2D eigenvalue weighted by atomic mass is 32.2. The van der Waals surface area contributed by atoms with Gasteiger partial charge in [-0.05, 0) is 26.7 Å². The zero-order valence-electron chi connectivity index (χ0n) is 13.8. The summed E-state index contributed by atoms with van der Waals surface area (Å²) in [4.78, 5) is 12.4. The van der Waals surface area contributed by atoms with Gasteiger partial charge in [0.1, 0.15) is 0 Å². The molecule has 0 aliphatic heterocycles. The van der Waals surface area contributed by atoms with Crippen LogP contribution in [0.5, 0.6) is 0 Å². The fraction of sp³-hybridized carbons (Fsp3) is 0.688. The summed E-state index contributed by atoms with van der Waals surface area (Å²) in [6.45, 7) is 7.83. The van der Waals surface area contributed by atoms with E-state index in [9.17, 15) is 4.79 Å². The van der Waals surface area contributed by atoms with Crippen molar-refractivity contribution >= 4 is 40.8 Å². The molecule has 1 saturated carbocycles. The van der Waals surface area contributed by atoms with Crippen LogP contribution in [0.3, 0.4) is 0 Å². The van der Waals surface area contributed by atoms with Crippen LogP contribution in [0.4, 0.5) is 0 Å². The Morgan fingerprint density at radius 2 is 1.96 bits per heavy atom. The zero-order valence-corrected chi connectivity index (χ0v) is 16.3. The largest absolute Gasteiger partial charge is 0.352 e. The fourth-order valence-corrected chi connectivity index (χ4v) is 5.45. The molecule has 2 rings (SSSR count). The number of hydrogen-bond donors (Lipinski definition) is 1. The Bertz CT molecular complexity index is 524. The van der Waals surface area contributed by atoms with E-state index in [0.717, 1.165) is 32.8 Å². The standard InChI is InChI=1S/C16H25N3OS3/c1-11(2)10-21-15-18-19-16(23-15)22-12(3)14(20)17-13-8-6-4-5-7-9-13/h12-13H,1,4-10H2,2-3H3,(H,17,20)/t12-/m0/s1. The lowest BCUT2D eigenvalue weighted by molar-refractivity contribution is -0.121. The average Bonchev–Trinajstić information content (AvgIpc) is 2.79. The highest BCUT2D eigenvalue weighted by Gasteiger charge is 2.21. The molecular weight excluding hydrogens is 346 g/mol. The quantitative estimate of drug-likeness (QED) is 0.434. The summed E-state index contributed by atoms with van der Waals surface area (Å²) in [5, 5.41) is 11.4. The lowest BCUT2D eigenvalue weighted by Crippen LogP contribution is -2.39. The number of hydrogen-bond acceptors (Lipinski definition) is 6. The van der Waals surface area contributed by atoms with Crippen LogP contribution in [0, 0.1) is 0 Å². The monoisotopic (exact) mass is 371 g/mol. The number of amides is 1. The molecular formula is C16H25N3OS3. The third kappa shape index (κ3) is 6.85. The number of nitrogens with one attached hydrogen (secondary N) is 1. The number of rotatable bonds is 7. The minimum atomic E-state index is -0.134. The molecule has 0 spiro atoms. The first-order chi connectivity index (χ1) is 11.0. The Hall–Kier alpha value is -0.530. The summed E-state index contributed by atoms with van der Waals surface area (Å²) in [5.74, 6) is 0.977. The van der Waals surface area contributed by atoms with Gasteiger partial charge in [0.2, 0.25) is 5.91 Å². The van der Waals surface area contributed by atoms with Gasteiger partial charge in [-0.1, -0.05) is 72.7 Å². The lowest BCUT2D eigenvalue weighted by Gasteiger charge is -2.18. The molecule has 7 heteroatoms. The van der Waals surface area contributed by atoms with Gasteiger partial charge < -0.3 is 5.32 Å². The second-order valence-corrected chi connectivity index (χ2v) is 9.82. The molecule has 0 aromatic carbocycles. The van der Waals surface area contributed by atoms with Crippen LogP contribution >= 0.6 is 34.9 Å². The molecule has 1 fully saturated rings. The van der Waals surface area contributed by atoms with Crippen molar-refractivity contribution in [1.82, 2.24) is 15.5 Å². The molecule has 1 aliphatic carbocycles. The maximum Gasteiger partial charge on any atom is 0.233 e. The second-order valence-electron chi connectivity index (χ2n) is 6.04. The van der Waals surface area contributed by atoms with Crippen molar-refractivity contribution in [2.24, 2.45) is 0 Å². The third-order valence-electron chi connectivity index (χ3n) is 3.68. The van der Waals surface area contributed by atoms with Gasteiger partial charge in [-0.25, -0.2) is 0 Å². The Morgan fingerprint density at radius 3 is 2.61 bits per heavy atom. The molecule has 1 amide bonds. The molecule has 0 saturated heterocycles. The van der Waals surface area contributed by atoms with E-state index in [2.05, 4.69) is 22.1 Å². The van der Waals surface area contributed by atoms with E-state index in [1.54, 1.807) is 23.1 Å². The normalized spacial score (nSPS) is 17.5. The Labute approximate surface area is 151 Å². The Balaban J connectivity index is 1.79. The predicted molar refractivity (Wildman–Crippen MR) is 100 cm³/mol. The van der Waals surface area contributed by atoms with Gasteiger partial charge in [0.15, 0.2) is 8.68 Å². The van der Waals surface area contributed by atoms with Gasteiger partial charge in [0, 0.05) is 11.8 Å².